The molecule has 0 radical (unpaired) electrons. The van der Waals surface area contributed by atoms with E-state index in [1.807, 2.05) is 55.5 Å². The predicted octanol–water partition coefficient (Wildman–Crippen LogP) is 2.95. The molecule has 2 amide bonds. The summed E-state index contributed by atoms with van der Waals surface area (Å²) in [4.78, 5) is 36.1. The maximum atomic E-state index is 13.1. The number of hydrogen-bond acceptors (Lipinski definition) is 8. The van der Waals surface area contributed by atoms with Gasteiger partial charge in [0.05, 0.1) is 29.5 Å². The van der Waals surface area contributed by atoms with Crippen LogP contribution in [0, 0.1) is 6.92 Å². The molecular weight excluding hydrogens is 484 g/mol. The van der Waals surface area contributed by atoms with Crippen molar-refractivity contribution in [3.63, 3.8) is 0 Å². The number of carbonyl (C=O) groups is 2. The zero-order valence-electron chi connectivity index (χ0n) is 21.2. The van der Waals surface area contributed by atoms with Crippen LogP contribution in [0.3, 0.4) is 0 Å². The number of nitrogens with one attached hydrogen (secondary N) is 2. The Bertz CT molecular complexity index is 1610. The minimum absolute atomic E-state index is 0.129. The normalized spacial score (nSPS) is 10.9. The largest absolute Gasteiger partial charge is 0.359 e. The maximum absolute atomic E-state index is 13.1. The number of pyridine rings is 3. The smallest absolute Gasteiger partial charge is 0.294 e. The van der Waals surface area contributed by atoms with Crippen LogP contribution in [-0.4, -0.2) is 59.8 Å². The summed E-state index contributed by atoms with van der Waals surface area (Å²) in [5.74, 6) is 0.293. The van der Waals surface area contributed by atoms with E-state index >= 15 is 0 Å². The fourth-order valence-electron chi connectivity index (χ4n) is 3.89. The number of aryl methyl sites for hydroxylation is 2. The minimum Gasteiger partial charge on any atom is -0.359 e. The quantitative estimate of drug-likeness (QED) is 0.325. The lowest BCUT2D eigenvalue weighted by atomic mass is 10.1. The first-order valence-electron chi connectivity index (χ1n) is 11.9. The van der Waals surface area contributed by atoms with Gasteiger partial charge in [0.25, 0.3) is 5.91 Å². The van der Waals surface area contributed by atoms with Gasteiger partial charge in [0.2, 0.25) is 11.7 Å². The number of amides is 2. The Labute approximate surface area is 218 Å². The van der Waals surface area contributed by atoms with Crippen molar-refractivity contribution >= 4 is 34.7 Å². The van der Waals surface area contributed by atoms with Crippen molar-refractivity contribution in [3.8, 4) is 11.1 Å². The number of aromatic nitrogens is 7. The third kappa shape index (κ3) is 5.33. The van der Waals surface area contributed by atoms with Crippen LogP contribution < -0.4 is 15.5 Å². The summed E-state index contributed by atoms with van der Waals surface area (Å²) in [6.45, 7) is 2.26. The Morgan fingerprint density at radius 2 is 1.89 bits per heavy atom. The molecule has 0 saturated carbocycles. The second-order valence-electron chi connectivity index (χ2n) is 8.79. The van der Waals surface area contributed by atoms with E-state index in [0.717, 1.165) is 16.9 Å². The molecule has 5 rings (SSSR count). The molecule has 0 spiro atoms. The van der Waals surface area contributed by atoms with Gasteiger partial charge in [-0.1, -0.05) is 6.07 Å². The summed E-state index contributed by atoms with van der Waals surface area (Å²) in [5, 5.41) is 18.1. The zero-order valence-corrected chi connectivity index (χ0v) is 21.2. The fraction of sp³-hybridized carbons (Fsp3) is 0.192. The first kappa shape index (κ1) is 24.6. The van der Waals surface area contributed by atoms with E-state index in [1.165, 1.54) is 0 Å². The molecule has 0 aliphatic rings. The van der Waals surface area contributed by atoms with Crippen molar-refractivity contribution in [2.24, 2.45) is 7.05 Å². The van der Waals surface area contributed by atoms with E-state index < -0.39 is 5.91 Å². The molecule has 12 nitrogen and oxygen atoms in total. The van der Waals surface area contributed by atoms with Crippen LogP contribution in [-0.2, 0) is 11.8 Å². The fourth-order valence-corrected chi connectivity index (χ4v) is 3.89. The molecule has 0 aliphatic heterocycles. The topological polar surface area (TPSA) is 135 Å². The van der Waals surface area contributed by atoms with Crippen molar-refractivity contribution in [1.29, 1.82) is 0 Å². The summed E-state index contributed by atoms with van der Waals surface area (Å²) < 4.78 is 3.33. The van der Waals surface area contributed by atoms with E-state index in [9.17, 15) is 9.59 Å². The van der Waals surface area contributed by atoms with Crippen LogP contribution >= 0.6 is 0 Å². The van der Waals surface area contributed by atoms with Gasteiger partial charge < -0.3 is 15.5 Å². The molecule has 0 fully saturated rings. The van der Waals surface area contributed by atoms with Crippen LogP contribution in [0.15, 0.2) is 67.4 Å². The number of rotatable bonds is 8. The molecule has 5 aromatic rings. The molecule has 2 N–H and O–H groups in total. The standard InChI is InChI=1S/C26H26N10O2/c1-17-21(13-20(15-28-17)30-24(37)8-10-34(2)22-6-4-5-9-27-22)31-26(38)25-33-32-23-12-18(7-11-36(23)25)19-14-29-35(3)16-19/h4-7,9,11-16H,8,10H2,1-3H3,(H,30,37)(H,31,38). The van der Waals surface area contributed by atoms with Crippen LogP contribution in [0.25, 0.3) is 16.8 Å². The number of hydrogen-bond donors (Lipinski definition) is 2. The van der Waals surface area contributed by atoms with Gasteiger partial charge in [-0.25, -0.2) is 4.98 Å². The van der Waals surface area contributed by atoms with E-state index in [2.05, 4.69) is 35.9 Å². The van der Waals surface area contributed by atoms with Gasteiger partial charge in [-0.05, 0) is 42.8 Å². The number of anilines is 3. The van der Waals surface area contributed by atoms with Crippen molar-refractivity contribution < 1.29 is 9.59 Å². The SMILES string of the molecule is Cc1ncc(NC(=O)CCN(C)c2ccccn2)cc1NC(=O)c1nnc2cc(-c3cnn(C)c3)ccn12. The van der Waals surface area contributed by atoms with Gasteiger partial charge in [-0.2, -0.15) is 5.10 Å². The monoisotopic (exact) mass is 510 g/mol. The lowest BCUT2D eigenvalue weighted by Gasteiger charge is -2.17. The Hall–Kier alpha value is -5.13. The summed E-state index contributed by atoms with van der Waals surface area (Å²) in [5.41, 5.74) is 3.92. The Kier molecular flexibility index (Phi) is 6.76. The first-order valence-corrected chi connectivity index (χ1v) is 11.9. The average Bonchev–Trinajstić information content (AvgIpc) is 3.55. The molecule has 0 unspecified atom stereocenters. The highest BCUT2D eigenvalue weighted by Gasteiger charge is 2.17. The van der Waals surface area contributed by atoms with Crippen LogP contribution in [0.4, 0.5) is 17.2 Å². The molecular formula is C26H26N10O2. The Morgan fingerprint density at radius 3 is 2.66 bits per heavy atom. The highest BCUT2D eigenvalue weighted by atomic mass is 16.2. The molecule has 5 heterocycles. The molecule has 0 bridgehead atoms. The zero-order chi connectivity index (χ0) is 26.6. The van der Waals surface area contributed by atoms with Gasteiger partial charge in [0.1, 0.15) is 5.82 Å². The molecule has 5 aromatic heterocycles. The Balaban J connectivity index is 1.25. The second-order valence-corrected chi connectivity index (χ2v) is 8.79. The van der Waals surface area contributed by atoms with E-state index in [1.54, 1.807) is 46.9 Å². The number of fused-ring (bicyclic) bond motifs is 1. The molecule has 0 atom stereocenters. The van der Waals surface area contributed by atoms with Crippen LogP contribution in [0.2, 0.25) is 0 Å². The summed E-state index contributed by atoms with van der Waals surface area (Å²) >= 11 is 0. The van der Waals surface area contributed by atoms with Gasteiger partial charge in [-0.3, -0.25) is 23.7 Å². The van der Waals surface area contributed by atoms with E-state index in [0.29, 0.717) is 29.3 Å². The lowest BCUT2D eigenvalue weighted by Crippen LogP contribution is -2.24. The maximum Gasteiger partial charge on any atom is 0.294 e. The van der Waals surface area contributed by atoms with Crippen LogP contribution in [0.5, 0.6) is 0 Å². The highest BCUT2D eigenvalue weighted by molar-refractivity contribution is 6.03. The van der Waals surface area contributed by atoms with Gasteiger partial charge in [-0.15, -0.1) is 10.2 Å². The molecule has 192 valence electrons. The summed E-state index contributed by atoms with van der Waals surface area (Å²) in [6.07, 6.45) is 8.93. The van der Waals surface area contributed by atoms with Gasteiger partial charge >= 0.3 is 0 Å². The molecule has 38 heavy (non-hydrogen) atoms. The molecule has 0 saturated heterocycles. The minimum atomic E-state index is -0.447. The van der Waals surface area contributed by atoms with Crippen LogP contribution in [0.1, 0.15) is 22.7 Å². The molecule has 12 heteroatoms. The highest BCUT2D eigenvalue weighted by Crippen LogP contribution is 2.22. The van der Waals surface area contributed by atoms with E-state index in [-0.39, 0.29) is 18.2 Å². The number of carbonyl (C=O) groups excluding carboxylic acids is 2. The predicted molar refractivity (Wildman–Crippen MR) is 143 cm³/mol. The number of nitrogens with zero attached hydrogens (tertiary/aromatic N) is 8. The summed E-state index contributed by atoms with van der Waals surface area (Å²) in [7, 11) is 3.73. The second kappa shape index (κ2) is 10.5. The van der Waals surface area contributed by atoms with Crippen molar-refractivity contribution in [2.75, 3.05) is 29.1 Å². The average molecular weight is 511 g/mol. The third-order valence-corrected chi connectivity index (χ3v) is 5.98. The summed E-state index contributed by atoms with van der Waals surface area (Å²) in [6, 6.07) is 11.0. The molecule has 0 aromatic carbocycles. The van der Waals surface area contributed by atoms with Gasteiger partial charge in [0, 0.05) is 51.2 Å². The third-order valence-electron chi connectivity index (χ3n) is 5.98. The first-order chi connectivity index (χ1) is 18.4. The van der Waals surface area contributed by atoms with E-state index in [4.69, 9.17) is 0 Å². The Morgan fingerprint density at radius 1 is 1.03 bits per heavy atom. The lowest BCUT2D eigenvalue weighted by molar-refractivity contribution is -0.116. The molecule has 0 aliphatic carbocycles. The van der Waals surface area contributed by atoms with Crippen molar-refractivity contribution in [2.45, 2.75) is 13.3 Å². The van der Waals surface area contributed by atoms with Crippen molar-refractivity contribution in [1.82, 2.24) is 34.3 Å². The van der Waals surface area contributed by atoms with Gasteiger partial charge in [0.15, 0.2) is 5.65 Å². The van der Waals surface area contributed by atoms with Crippen molar-refractivity contribution in [3.05, 3.63) is 78.9 Å².